The van der Waals surface area contributed by atoms with Crippen molar-refractivity contribution in [3.8, 4) is 11.4 Å². The van der Waals surface area contributed by atoms with Crippen molar-refractivity contribution in [2.24, 2.45) is 5.73 Å². The zero-order valence-corrected chi connectivity index (χ0v) is 16.4. The Balaban J connectivity index is 0.00000225. The molecule has 7 heteroatoms. The first-order valence-electron chi connectivity index (χ1n) is 9.13. The summed E-state index contributed by atoms with van der Waals surface area (Å²) >= 11 is 0. The lowest BCUT2D eigenvalue weighted by molar-refractivity contribution is -0.129. The molecular weight excluding hydrogens is 376 g/mol. The molecule has 2 aromatic carbocycles. The third kappa shape index (κ3) is 3.93. The van der Waals surface area contributed by atoms with Crippen LogP contribution in [-0.2, 0) is 11.3 Å². The van der Waals surface area contributed by atoms with Crippen LogP contribution in [0.15, 0.2) is 59.1 Å². The normalized spacial score (nSPS) is 17.4. The maximum atomic E-state index is 12.5. The van der Waals surface area contributed by atoms with E-state index >= 15 is 0 Å². The Morgan fingerprint density at radius 2 is 1.89 bits per heavy atom. The van der Waals surface area contributed by atoms with E-state index in [9.17, 15) is 4.79 Å². The van der Waals surface area contributed by atoms with Crippen LogP contribution in [0.3, 0.4) is 0 Å². The highest BCUT2D eigenvalue weighted by molar-refractivity contribution is 5.85. The lowest BCUT2D eigenvalue weighted by Crippen LogP contribution is -2.28. The van der Waals surface area contributed by atoms with Gasteiger partial charge in [-0.2, -0.15) is 4.98 Å². The van der Waals surface area contributed by atoms with Gasteiger partial charge in [0.25, 0.3) is 0 Å². The fourth-order valence-electron chi connectivity index (χ4n) is 3.49. The van der Waals surface area contributed by atoms with Gasteiger partial charge in [-0.25, -0.2) is 0 Å². The monoisotopic (exact) mass is 398 g/mol. The van der Waals surface area contributed by atoms with Gasteiger partial charge in [0, 0.05) is 25.1 Å². The Hall–Kier alpha value is -2.70. The summed E-state index contributed by atoms with van der Waals surface area (Å²) in [6, 6.07) is 17.8. The van der Waals surface area contributed by atoms with Crippen molar-refractivity contribution in [1.82, 2.24) is 15.0 Å². The molecule has 146 valence electrons. The van der Waals surface area contributed by atoms with Crippen LogP contribution in [0.5, 0.6) is 0 Å². The van der Waals surface area contributed by atoms with Crippen molar-refractivity contribution in [1.29, 1.82) is 0 Å². The second-order valence-corrected chi connectivity index (χ2v) is 6.89. The molecule has 2 N–H and O–H groups in total. The fraction of sp³-hybridized carbons (Fsp3) is 0.286. The second kappa shape index (κ2) is 8.54. The summed E-state index contributed by atoms with van der Waals surface area (Å²) < 4.78 is 5.48. The molecule has 3 aromatic rings. The summed E-state index contributed by atoms with van der Waals surface area (Å²) in [4.78, 5) is 19.0. The summed E-state index contributed by atoms with van der Waals surface area (Å²) in [7, 11) is 0. The topological polar surface area (TPSA) is 85.2 Å². The quantitative estimate of drug-likeness (QED) is 0.708. The van der Waals surface area contributed by atoms with Gasteiger partial charge in [-0.1, -0.05) is 59.8 Å². The number of nitrogens with zero attached hydrogens (tertiary/aromatic N) is 3. The van der Waals surface area contributed by atoms with E-state index in [0.29, 0.717) is 31.2 Å². The number of amides is 1. The number of rotatable bonds is 5. The molecule has 28 heavy (non-hydrogen) atoms. The van der Waals surface area contributed by atoms with Gasteiger partial charge >= 0.3 is 0 Å². The molecule has 1 aromatic heterocycles. The Morgan fingerprint density at radius 1 is 1.18 bits per heavy atom. The molecule has 1 aliphatic heterocycles. The first-order chi connectivity index (χ1) is 13.2. The van der Waals surface area contributed by atoms with Crippen LogP contribution in [0.1, 0.15) is 42.3 Å². The molecular formula is C21H23ClN4O2. The number of nitrogens with two attached hydrogens (primary N) is 1. The van der Waals surface area contributed by atoms with Gasteiger partial charge in [-0.05, 0) is 18.1 Å². The number of halogens is 1. The summed E-state index contributed by atoms with van der Waals surface area (Å²) in [5.41, 5.74) is 8.68. The fourth-order valence-corrected chi connectivity index (χ4v) is 3.49. The Kier molecular flexibility index (Phi) is 6.11. The highest BCUT2D eigenvalue weighted by Gasteiger charge is 2.37. The number of benzene rings is 2. The van der Waals surface area contributed by atoms with Gasteiger partial charge in [0.2, 0.25) is 17.6 Å². The van der Waals surface area contributed by atoms with E-state index in [1.807, 2.05) is 66.4 Å². The number of hydrogen-bond acceptors (Lipinski definition) is 5. The van der Waals surface area contributed by atoms with E-state index in [-0.39, 0.29) is 30.3 Å². The maximum absolute atomic E-state index is 12.5. The smallest absolute Gasteiger partial charge is 0.232 e. The average molecular weight is 399 g/mol. The SMILES string of the molecule is CC(c1ccccc1)N1CC(c2nc(-c3ccc(CN)cc3)no2)CC1=O.Cl. The number of likely N-dealkylation sites (tertiary alicyclic amines) is 1. The van der Waals surface area contributed by atoms with Crippen molar-refractivity contribution >= 4 is 18.3 Å². The van der Waals surface area contributed by atoms with Gasteiger partial charge in [0.1, 0.15) is 0 Å². The van der Waals surface area contributed by atoms with Crippen LogP contribution in [0, 0.1) is 0 Å². The molecule has 4 rings (SSSR count). The maximum Gasteiger partial charge on any atom is 0.232 e. The van der Waals surface area contributed by atoms with Crippen LogP contribution in [0.25, 0.3) is 11.4 Å². The van der Waals surface area contributed by atoms with Crippen molar-refractivity contribution in [3.63, 3.8) is 0 Å². The van der Waals surface area contributed by atoms with Crippen molar-refractivity contribution in [2.75, 3.05) is 6.54 Å². The van der Waals surface area contributed by atoms with E-state index in [1.54, 1.807) is 0 Å². The molecule has 1 amide bonds. The average Bonchev–Trinajstić information content (AvgIpc) is 3.35. The minimum absolute atomic E-state index is 0. The Labute approximate surface area is 170 Å². The molecule has 0 spiro atoms. The largest absolute Gasteiger partial charge is 0.339 e. The number of carbonyl (C=O) groups is 1. The molecule has 1 fully saturated rings. The predicted octanol–water partition coefficient (Wildman–Crippen LogP) is 3.69. The van der Waals surface area contributed by atoms with E-state index in [4.69, 9.17) is 10.3 Å². The Morgan fingerprint density at radius 3 is 2.57 bits per heavy atom. The van der Waals surface area contributed by atoms with Crippen LogP contribution < -0.4 is 5.73 Å². The summed E-state index contributed by atoms with van der Waals surface area (Å²) in [5.74, 6) is 1.09. The van der Waals surface area contributed by atoms with Crippen LogP contribution in [0.4, 0.5) is 0 Å². The molecule has 0 radical (unpaired) electrons. The second-order valence-electron chi connectivity index (χ2n) is 6.89. The van der Waals surface area contributed by atoms with Crippen molar-refractivity contribution in [2.45, 2.75) is 31.8 Å². The summed E-state index contributed by atoms with van der Waals surface area (Å²) in [5, 5.41) is 4.09. The molecule has 1 saturated heterocycles. The van der Waals surface area contributed by atoms with Crippen molar-refractivity contribution < 1.29 is 9.32 Å². The van der Waals surface area contributed by atoms with Gasteiger partial charge < -0.3 is 15.2 Å². The van der Waals surface area contributed by atoms with E-state index < -0.39 is 0 Å². The lowest BCUT2D eigenvalue weighted by Gasteiger charge is -2.24. The van der Waals surface area contributed by atoms with Crippen LogP contribution >= 0.6 is 12.4 Å². The first-order valence-corrected chi connectivity index (χ1v) is 9.13. The molecule has 6 nitrogen and oxygen atoms in total. The third-order valence-electron chi connectivity index (χ3n) is 5.15. The predicted molar refractivity (Wildman–Crippen MR) is 109 cm³/mol. The molecule has 0 saturated carbocycles. The van der Waals surface area contributed by atoms with E-state index in [2.05, 4.69) is 10.1 Å². The molecule has 0 aliphatic carbocycles. The number of hydrogen-bond donors (Lipinski definition) is 1. The number of aromatic nitrogens is 2. The van der Waals surface area contributed by atoms with Gasteiger partial charge in [0.15, 0.2) is 0 Å². The van der Waals surface area contributed by atoms with E-state index in [1.165, 1.54) is 0 Å². The zero-order chi connectivity index (χ0) is 18.8. The minimum atomic E-state index is -0.0757. The molecule has 1 aliphatic rings. The highest BCUT2D eigenvalue weighted by Crippen LogP contribution is 2.33. The molecule has 0 bridgehead atoms. The molecule has 2 unspecified atom stereocenters. The highest BCUT2D eigenvalue weighted by atomic mass is 35.5. The first kappa shape index (κ1) is 20.0. The van der Waals surface area contributed by atoms with Crippen LogP contribution in [0.2, 0.25) is 0 Å². The summed E-state index contributed by atoms with van der Waals surface area (Å²) in [6.07, 6.45) is 0.394. The van der Waals surface area contributed by atoms with Gasteiger partial charge in [-0.3, -0.25) is 4.79 Å². The summed E-state index contributed by atoms with van der Waals surface area (Å²) in [6.45, 7) is 3.13. The Bertz CT molecular complexity index is 927. The van der Waals surface area contributed by atoms with Crippen molar-refractivity contribution in [3.05, 3.63) is 71.6 Å². The lowest BCUT2D eigenvalue weighted by atomic mass is 10.1. The number of carbonyl (C=O) groups excluding carboxylic acids is 1. The molecule has 2 atom stereocenters. The minimum Gasteiger partial charge on any atom is -0.339 e. The van der Waals surface area contributed by atoms with Crippen LogP contribution in [-0.4, -0.2) is 27.5 Å². The van der Waals surface area contributed by atoms with E-state index in [0.717, 1.165) is 16.7 Å². The third-order valence-corrected chi connectivity index (χ3v) is 5.15. The standard InChI is InChI=1S/C21H22N4O2.ClH/c1-14(16-5-3-2-4-6-16)25-13-18(11-19(25)26)21-23-20(24-27-21)17-9-7-15(12-22)8-10-17;/h2-10,14,18H,11-13,22H2,1H3;1H. The van der Waals surface area contributed by atoms with Gasteiger partial charge in [0.05, 0.1) is 12.0 Å². The zero-order valence-electron chi connectivity index (χ0n) is 15.6. The molecule has 2 heterocycles. The van der Waals surface area contributed by atoms with Gasteiger partial charge in [-0.15, -0.1) is 12.4 Å².